The molecule has 0 aliphatic carbocycles. The predicted molar refractivity (Wildman–Crippen MR) is 72.5 cm³/mol. The number of rotatable bonds is 2. The molecule has 0 fully saturated rings. The van der Waals surface area contributed by atoms with E-state index in [0.717, 1.165) is 11.1 Å². The molecule has 0 spiro atoms. The fraction of sp³-hybridized carbons (Fsp3) is 0.143. The molecule has 0 saturated heterocycles. The molecule has 16 heavy (non-hydrogen) atoms. The van der Waals surface area contributed by atoms with Gasteiger partial charge >= 0.3 is 0 Å². The number of ether oxygens (including phenoxy) is 1. The monoisotopic (exact) mass is 230 g/mol. The van der Waals surface area contributed by atoms with E-state index in [-0.39, 0.29) is 0 Å². The first-order valence-corrected chi connectivity index (χ1v) is 5.80. The highest BCUT2D eigenvalue weighted by molar-refractivity contribution is 7.28. The topological polar surface area (TPSA) is 9.23 Å². The summed E-state index contributed by atoms with van der Waals surface area (Å²) in [7, 11) is 4.47. The van der Waals surface area contributed by atoms with Crippen molar-refractivity contribution in [2.24, 2.45) is 0 Å². The van der Waals surface area contributed by atoms with Gasteiger partial charge in [0.15, 0.2) is 0 Å². The summed E-state index contributed by atoms with van der Waals surface area (Å²) in [6.07, 6.45) is 0. The van der Waals surface area contributed by atoms with Gasteiger partial charge in [-0.15, -0.1) is 9.24 Å². The summed E-state index contributed by atoms with van der Waals surface area (Å²) in [5.74, 6) is 0.912. The van der Waals surface area contributed by atoms with E-state index in [1.165, 1.54) is 16.7 Å². The molecule has 0 bridgehead atoms. The highest BCUT2D eigenvalue weighted by atomic mass is 31.0. The molecule has 0 radical (unpaired) electrons. The molecule has 0 saturated carbocycles. The lowest BCUT2D eigenvalue weighted by atomic mass is 10.0. The normalized spacial score (nSPS) is 10.2. The van der Waals surface area contributed by atoms with Crippen LogP contribution in [-0.2, 0) is 0 Å². The van der Waals surface area contributed by atoms with Crippen LogP contribution in [0.15, 0.2) is 42.5 Å². The first-order chi connectivity index (χ1) is 7.74. The zero-order valence-corrected chi connectivity index (χ0v) is 10.7. The van der Waals surface area contributed by atoms with Crippen molar-refractivity contribution < 1.29 is 4.74 Å². The lowest BCUT2D eigenvalue weighted by Crippen LogP contribution is -2.04. The third kappa shape index (κ3) is 1.96. The maximum Gasteiger partial charge on any atom is 0.126 e. The van der Waals surface area contributed by atoms with Crippen LogP contribution >= 0.6 is 9.24 Å². The molecule has 2 aromatic rings. The van der Waals surface area contributed by atoms with E-state index in [4.69, 9.17) is 4.74 Å². The first kappa shape index (κ1) is 11.2. The Hall–Kier alpha value is -1.33. The van der Waals surface area contributed by atoms with E-state index in [0.29, 0.717) is 0 Å². The van der Waals surface area contributed by atoms with Crippen molar-refractivity contribution in [3.05, 3.63) is 48.0 Å². The van der Waals surface area contributed by atoms with Gasteiger partial charge in [0.1, 0.15) is 5.75 Å². The molecule has 0 aromatic heterocycles. The first-order valence-electron chi connectivity index (χ1n) is 5.22. The Morgan fingerprint density at radius 1 is 1.00 bits per heavy atom. The second kappa shape index (κ2) is 4.67. The second-order valence-electron chi connectivity index (χ2n) is 3.74. The van der Waals surface area contributed by atoms with E-state index in [1.54, 1.807) is 7.11 Å². The molecule has 0 heterocycles. The van der Waals surface area contributed by atoms with Crippen LogP contribution in [0.25, 0.3) is 11.1 Å². The molecule has 0 aliphatic rings. The number of aryl methyl sites for hydroxylation is 1. The third-order valence-electron chi connectivity index (χ3n) is 2.70. The molecule has 0 N–H and O–H groups in total. The van der Waals surface area contributed by atoms with Gasteiger partial charge in [-0.05, 0) is 29.7 Å². The number of methoxy groups -OCH3 is 1. The average molecular weight is 230 g/mol. The van der Waals surface area contributed by atoms with E-state index >= 15 is 0 Å². The lowest BCUT2D eigenvalue weighted by molar-refractivity contribution is 0.418. The SMILES string of the molecule is COc1ccc(C)c(-c2ccccc2)c1P. The van der Waals surface area contributed by atoms with Gasteiger partial charge in [-0.1, -0.05) is 36.4 Å². The summed E-state index contributed by atoms with van der Waals surface area (Å²) in [6, 6.07) is 14.5. The Morgan fingerprint density at radius 2 is 1.69 bits per heavy atom. The highest BCUT2D eigenvalue weighted by Gasteiger charge is 2.09. The van der Waals surface area contributed by atoms with Crippen molar-refractivity contribution in [2.45, 2.75) is 6.92 Å². The van der Waals surface area contributed by atoms with Gasteiger partial charge < -0.3 is 4.74 Å². The molecular formula is C14H15OP. The van der Waals surface area contributed by atoms with Crippen LogP contribution in [0.1, 0.15) is 5.56 Å². The number of benzene rings is 2. The summed E-state index contributed by atoms with van der Waals surface area (Å²) >= 11 is 0. The van der Waals surface area contributed by atoms with Crippen LogP contribution in [0.2, 0.25) is 0 Å². The van der Waals surface area contributed by atoms with Crippen LogP contribution in [-0.4, -0.2) is 7.11 Å². The maximum absolute atomic E-state index is 5.34. The average Bonchev–Trinajstić information content (AvgIpc) is 2.31. The van der Waals surface area contributed by atoms with E-state index in [2.05, 4.69) is 46.5 Å². The van der Waals surface area contributed by atoms with Crippen molar-refractivity contribution in [1.29, 1.82) is 0 Å². The fourth-order valence-corrected chi connectivity index (χ4v) is 2.48. The van der Waals surface area contributed by atoms with Crippen molar-refractivity contribution in [3.8, 4) is 16.9 Å². The summed E-state index contributed by atoms with van der Waals surface area (Å²) in [5.41, 5.74) is 3.73. The molecule has 2 aromatic carbocycles. The van der Waals surface area contributed by atoms with Crippen molar-refractivity contribution in [2.75, 3.05) is 7.11 Å². The minimum absolute atomic E-state index is 0.912. The Morgan fingerprint density at radius 3 is 2.31 bits per heavy atom. The molecule has 1 unspecified atom stereocenters. The van der Waals surface area contributed by atoms with Gasteiger partial charge in [0.25, 0.3) is 0 Å². The summed E-state index contributed by atoms with van der Waals surface area (Å²) in [5, 5.41) is 1.12. The van der Waals surface area contributed by atoms with Crippen molar-refractivity contribution in [3.63, 3.8) is 0 Å². The predicted octanol–water partition coefficient (Wildman–Crippen LogP) is 3.17. The van der Waals surface area contributed by atoms with Crippen LogP contribution in [0.5, 0.6) is 5.75 Å². The Kier molecular flexibility index (Phi) is 3.26. The standard InChI is InChI=1S/C14H15OP/c1-10-8-9-12(15-2)14(16)13(10)11-6-4-3-5-7-11/h3-9H,16H2,1-2H3. The largest absolute Gasteiger partial charge is 0.496 e. The van der Waals surface area contributed by atoms with Crippen LogP contribution in [0.3, 0.4) is 0 Å². The zero-order chi connectivity index (χ0) is 11.5. The summed E-state index contributed by atoms with van der Waals surface area (Å²) in [6.45, 7) is 2.12. The van der Waals surface area contributed by atoms with Gasteiger partial charge in [-0.3, -0.25) is 0 Å². The zero-order valence-electron chi connectivity index (χ0n) is 9.53. The minimum Gasteiger partial charge on any atom is -0.496 e. The van der Waals surface area contributed by atoms with Gasteiger partial charge in [0.2, 0.25) is 0 Å². The van der Waals surface area contributed by atoms with Crippen molar-refractivity contribution in [1.82, 2.24) is 0 Å². The van der Waals surface area contributed by atoms with E-state index in [1.807, 2.05) is 12.1 Å². The molecule has 1 atom stereocenters. The molecule has 2 heteroatoms. The van der Waals surface area contributed by atoms with Crippen LogP contribution < -0.4 is 10.0 Å². The van der Waals surface area contributed by atoms with Gasteiger partial charge in [-0.25, -0.2) is 0 Å². The quantitative estimate of drug-likeness (QED) is 0.720. The van der Waals surface area contributed by atoms with Crippen LogP contribution in [0.4, 0.5) is 0 Å². The molecule has 1 nitrogen and oxygen atoms in total. The highest BCUT2D eigenvalue weighted by Crippen LogP contribution is 2.27. The minimum atomic E-state index is 0.912. The Balaban J connectivity index is 2.64. The molecule has 0 aliphatic heterocycles. The summed E-state index contributed by atoms with van der Waals surface area (Å²) in [4.78, 5) is 0. The smallest absolute Gasteiger partial charge is 0.126 e. The van der Waals surface area contributed by atoms with Gasteiger partial charge in [-0.2, -0.15) is 0 Å². The molecule has 82 valence electrons. The Bertz CT molecular complexity index is 492. The lowest BCUT2D eigenvalue weighted by Gasteiger charge is -2.13. The Labute approximate surface area is 98.7 Å². The maximum atomic E-state index is 5.34. The third-order valence-corrected chi connectivity index (χ3v) is 3.27. The van der Waals surface area contributed by atoms with Gasteiger partial charge in [0.05, 0.1) is 7.11 Å². The second-order valence-corrected chi connectivity index (χ2v) is 4.32. The number of hydrogen-bond donors (Lipinski definition) is 0. The van der Waals surface area contributed by atoms with E-state index < -0.39 is 0 Å². The van der Waals surface area contributed by atoms with E-state index in [9.17, 15) is 0 Å². The number of hydrogen-bond acceptors (Lipinski definition) is 1. The van der Waals surface area contributed by atoms with Crippen LogP contribution in [0, 0.1) is 6.92 Å². The molecule has 2 rings (SSSR count). The molecule has 0 amide bonds. The summed E-state index contributed by atoms with van der Waals surface area (Å²) < 4.78 is 5.34. The fourth-order valence-electron chi connectivity index (χ4n) is 1.88. The molecular weight excluding hydrogens is 215 g/mol. The van der Waals surface area contributed by atoms with Gasteiger partial charge in [0, 0.05) is 5.30 Å². The van der Waals surface area contributed by atoms with Crippen molar-refractivity contribution >= 4 is 14.5 Å².